The fraction of sp³-hybridized carbons (Fsp3) is 0.583. The summed E-state index contributed by atoms with van der Waals surface area (Å²) in [5, 5.41) is 3.74. The van der Waals surface area contributed by atoms with E-state index in [-0.39, 0.29) is 17.8 Å². The lowest BCUT2D eigenvalue weighted by Crippen LogP contribution is -2.35. The average molecular weight is 305 g/mol. The zero-order chi connectivity index (χ0) is 13.9. The van der Waals surface area contributed by atoms with Crippen LogP contribution in [0.4, 0.5) is 0 Å². The van der Waals surface area contributed by atoms with Gasteiger partial charge in [0.05, 0.1) is 10.8 Å². The van der Waals surface area contributed by atoms with Gasteiger partial charge < -0.3 is 10.1 Å². The summed E-state index contributed by atoms with van der Waals surface area (Å²) in [5.41, 5.74) is 0. The summed E-state index contributed by atoms with van der Waals surface area (Å²) in [6, 6.07) is 3.33. The molecule has 2 heterocycles. The van der Waals surface area contributed by atoms with Crippen LogP contribution in [-0.2, 0) is 9.84 Å². The molecular formula is C12H17ClN2O3S. The molecule has 1 aromatic rings. The molecule has 1 N–H and O–H groups in total. The van der Waals surface area contributed by atoms with Crippen LogP contribution in [0.15, 0.2) is 18.3 Å². The second-order valence-corrected chi connectivity index (χ2v) is 7.44. The van der Waals surface area contributed by atoms with Crippen LogP contribution >= 0.6 is 11.6 Å². The van der Waals surface area contributed by atoms with Crippen LogP contribution in [0.5, 0.6) is 5.88 Å². The number of rotatable bonds is 5. The first-order valence-electron chi connectivity index (χ1n) is 6.11. The van der Waals surface area contributed by atoms with Gasteiger partial charge in [-0.15, -0.1) is 0 Å². The van der Waals surface area contributed by atoms with Crippen molar-refractivity contribution in [2.45, 2.75) is 12.5 Å². The number of ether oxygens (including phenoxy) is 1. The summed E-state index contributed by atoms with van der Waals surface area (Å²) in [7, 11) is -3.10. The molecule has 2 rings (SSSR count). The van der Waals surface area contributed by atoms with E-state index in [4.69, 9.17) is 16.3 Å². The molecule has 0 amide bonds. The van der Waals surface area contributed by atoms with Gasteiger partial charge in [-0.2, -0.15) is 0 Å². The fourth-order valence-electron chi connectivity index (χ4n) is 2.15. The molecule has 0 spiro atoms. The van der Waals surface area contributed by atoms with Gasteiger partial charge in [0.15, 0.2) is 9.84 Å². The Morgan fingerprint density at radius 2 is 2.37 bits per heavy atom. The molecule has 5 nitrogen and oxygen atoms in total. The van der Waals surface area contributed by atoms with Gasteiger partial charge in [-0.3, -0.25) is 0 Å². The second kappa shape index (κ2) is 6.07. The predicted molar refractivity (Wildman–Crippen MR) is 74.4 cm³/mol. The lowest BCUT2D eigenvalue weighted by atomic mass is 10.0. The van der Waals surface area contributed by atoms with Gasteiger partial charge in [-0.1, -0.05) is 11.6 Å². The molecule has 7 heteroatoms. The maximum atomic E-state index is 11.5. The highest BCUT2D eigenvalue weighted by Gasteiger charge is 2.29. The van der Waals surface area contributed by atoms with Crippen molar-refractivity contribution in [3.8, 4) is 5.88 Å². The molecule has 0 radical (unpaired) electrons. The summed E-state index contributed by atoms with van der Waals surface area (Å²) >= 11 is 5.76. The average Bonchev–Trinajstić information content (AvgIpc) is 2.83. The van der Waals surface area contributed by atoms with Crippen molar-refractivity contribution in [1.82, 2.24) is 10.3 Å². The van der Waals surface area contributed by atoms with Crippen LogP contribution < -0.4 is 10.1 Å². The van der Waals surface area contributed by atoms with Crippen molar-refractivity contribution in [1.29, 1.82) is 0 Å². The summed E-state index contributed by atoms with van der Waals surface area (Å²) in [6.07, 6.45) is 3.24. The third kappa shape index (κ3) is 4.63. The molecule has 19 heavy (non-hydrogen) atoms. The van der Waals surface area contributed by atoms with Crippen LogP contribution in [0.1, 0.15) is 6.42 Å². The Labute approximate surface area is 118 Å². The van der Waals surface area contributed by atoms with Crippen molar-refractivity contribution in [3.63, 3.8) is 0 Å². The zero-order valence-corrected chi connectivity index (χ0v) is 12.2. The first kappa shape index (κ1) is 14.6. The molecule has 0 saturated carbocycles. The Hall–Kier alpha value is -0.850. The molecule has 1 saturated heterocycles. The van der Waals surface area contributed by atoms with Gasteiger partial charge in [0.25, 0.3) is 0 Å². The van der Waals surface area contributed by atoms with Crippen molar-refractivity contribution >= 4 is 21.4 Å². The van der Waals surface area contributed by atoms with E-state index < -0.39 is 9.84 Å². The molecule has 0 bridgehead atoms. The minimum Gasteiger partial charge on any atom is -0.473 e. The Morgan fingerprint density at radius 3 is 2.89 bits per heavy atom. The monoisotopic (exact) mass is 304 g/mol. The zero-order valence-electron chi connectivity index (χ0n) is 10.7. The van der Waals surface area contributed by atoms with Gasteiger partial charge in [0.2, 0.25) is 5.88 Å². The van der Waals surface area contributed by atoms with Gasteiger partial charge in [-0.05, 0) is 19.0 Å². The van der Waals surface area contributed by atoms with E-state index in [9.17, 15) is 8.42 Å². The largest absolute Gasteiger partial charge is 0.473 e. The molecule has 2 atom stereocenters. The van der Waals surface area contributed by atoms with E-state index in [0.29, 0.717) is 10.9 Å². The van der Waals surface area contributed by atoms with Crippen LogP contribution in [0.2, 0.25) is 5.02 Å². The Kier molecular flexibility index (Phi) is 4.65. The van der Waals surface area contributed by atoms with Crippen LogP contribution in [0.3, 0.4) is 0 Å². The third-order valence-electron chi connectivity index (χ3n) is 3.06. The third-order valence-corrected chi connectivity index (χ3v) is 4.22. The minimum absolute atomic E-state index is 0.00362. The topological polar surface area (TPSA) is 68.3 Å². The van der Waals surface area contributed by atoms with Gasteiger partial charge in [-0.25, -0.2) is 13.4 Å². The number of pyridine rings is 1. The molecular weight excluding hydrogens is 288 g/mol. The minimum atomic E-state index is -3.10. The van der Waals surface area contributed by atoms with Crippen molar-refractivity contribution in [2.75, 3.05) is 25.1 Å². The van der Waals surface area contributed by atoms with Crippen LogP contribution in [0, 0.1) is 5.92 Å². The smallest absolute Gasteiger partial charge is 0.213 e. The lowest BCUT2D eigenvalue weighted by Gasteiger charge is -2.23. The van der Waals surface area contributed by atoms with Gasteiger partial charge >= 0.3 is 0 Å². The Bertz CT molecular complexity index is 512. The number of halogens is 1. The quantitative estimate of drug-likeness (QED) is 0.883. The summed E-state index contributed by atoms with van der Waals surface area (Å²) in [5.74, 6) is 0.598. The van der Waals surface area contributed by atoms with E-state index in [1.807, 2.05) is 0 Å². The van der Waals surface area contributed by atoms with Crippen molar-refractivity contribution in [3.05, 3.63) is 23.4 Å². The number of nitrogens with one attached hydrogen (secondary N) is 1. The van der Waals surface area contributed by atoms with Gasteiger partial charge in [0, 0.05) is 31.0 Å². The first-order chi connectivity index (χ1) is 8.94. The second-order valence-electron chi connectivity index (χ2n) is 4.82. The molecule has 1 aliphatic rings. The highest BCUT2D eigenvalue weighted by Crippen LogP contribution is 2.21. The van der Waals surface area contributed by atoms with Crippen LogP contribution in [-0.4, -0.2) is 44.6 Å². The van der Waals surface area contributed by atoms with E-state index in [1.54, 1.807) is 12.1 Å². The lowest BCUT2D eigenvalue weighted by molar-refractivity contribution is 0.157. The number of hydrogen-bond acceptors (Lipinski definition) is 5. The molecule has 1 fully saturated rings. The molecule has 0 aliphatic carbocycles. The maximum Gasteiger partial charge on any atom is 0.213 e. The molecule has 1 unspecified atom stereocenters. The summed E-state index contributed by atoms with van der Waals surface area (Å²) in [6.45, 7) is 1.66. The highest BCUT2D eigenvalue weighted by atomic mass is 35.5. The summed E-state index contributed by atoms with van der Waals surface area (Å²) < 4.78 is 28.7. The van der Waals surface area contributed by atoms with Crippen LogP contribution in [0.25, 0.3) is 0 Å². The number of aromatic nitrogens is 1. The molecule has 106 valence electrons. The van der Waals surface area contributed by atoms with E-state index >= 15 is 0 Å². The van der Waals surface area contributed by atoms with E-state index in [2.05, 4.69) is 10.3 Å². The van der Waals surface area contributed by atoms with Crippen molar-refractivity contribution in [2.24, 2.45) is 5.92 Å². The fourth-order valence-corrected chi connectivity index (χ4v) is 3.19. The highest BCUT2D eigenvalue weighted by molar-refractivity contribution is 7.90. The van der Waals surface area contributed by atoms with Crippen molar-refractivity contribution < 1.29 is 13.2 Å². The molecule has 0 aromatic carbocycles. The Morgan fingerprint density at radius 1 is 1.58 bits per heavy atom. The first-order valence-corrected chi connectivity index (χ1v) is 8.54. The number of nitrogens with zero attached hydrogens (tertiary/aromatic N) is 1. The SMILES string of the molecule is CS(=O)(=O)C[C@H](Oc1ccc(Cl)cn1)C1CCNC1. The normalized spacial score (nSPS) is 21.3. The van der Waals surface area contributed by atoms with E-state index in [0.717, 1.165) is 19.5 Å². The van der Waals surface area contributed by atoms with Gasteiger partial charge in [0.1, 0.15) is 6.10 Å². The molecule has 1 aliphatic heterocycles. The maximum absolute atomic E-state index is 11.5. The standard InChI is InChI=1S/C12H17ClN2O3S/c1-19(16,17)8-11(9-4-5-14-6-9)18-12-3-2-10(13)7-15-12/h2-3,7,9,11,14H,4-6,8H2,1H3/t9?,11-/m0/s1. The number of hydrogen-bond donors (Lipinski definition) is 1. The van der Waals surface area contributed by atoms with E-state index in [1.165, 1.54) is 12.5 Å². The number of sulfone groups is 1. The summed E-state index contributed by atoms with van der Waals surface area (Å²) in [4.78, 5) is 4.05. The Balaban J connectivity index is 2.10. The predicted octanol–water partition coefficient (Wildman–Crippen LogP) is 1.14. The molecule has 1 aromatic heterocycles.